The molecule has 0 spiro atoms. The van der Waals surface area contributed by atoms with Gasteiger partial charge in [-0.15, -0.1) is 0 Å². The lowest BCUT2D eigenvalue weighted by Gasteiger charge is -2.27. The Morgan fingerprint density at radius 3 is 1.09 bits per heavy atom. The molecule has 0 aliphatic heterocycles. The number of nitrogens with one attached hydrogen (secondary N) is 1. The summed E-state index contributed by atoms with van der Waals surface area (Å²) in [4.78, 5) is 38.0. The number of carbonyl (C=O) groups is 2. The zero-order valence-corrected chi connectivity index (χ0v) is 60.5. The van der Waals surface area contributed by atoms with Crippen LogP contribution >= 0.6 is 7.82 Å². The summed E-state index contributed by atoms with van der Waals surface area (Å²) in [6, 6.07) is -0.859. The maximum atomic E-state index is 13.6. The Kier molecular flexibility index (Phi) is 66.0. The summed E-state index contributed by atoms with van der Waals surface area (Å²) in [6.07, 6.45) is 95.3. The monoisotopic (exact) mass is 1280 g/mol. The topological polar surface area (TPSA) is 111 Å². The van der Waals surface area contributed by atoms with E-state index in [0.29, 0.717) is 17.4 Å². The van der Waals surface area contributed by atoms with E-state index in [1.54, 1.807) is 0 Å². The van der Waals surface area contributed by atoms with Crippen molar-refractivity contribution in [2.75, 3.05) is 40.9 Å². The summed E-state index contributed by atoms with van der Waals surface area (Å²) in [5.41, 5.74) is 0. The zero-order valence-electron chi connectivity index (χ0n) is 59.6. The number of nitrogens with zero attached hydrogens (tertiary/aromatic N) is 1. The van der Waals surface area contributed by atoms with Gasteiger partial charge in [-0.2, -0.15) is 0 Å². The first kappa shape index (κ1) is 86.7. The standard InChI is InChI=1S/C80H143N2O7P/c1-7-10-13-16-19-22-25-28-30-32-34-36-38-40-41-43-45-47-49-51-53-55-58-61-64-67-70-73-80(84)89-78(71-68-65-62-59-56-27-24-21-18-15-12-9-3)77(76-88-90(85,86)87-75-74-82(4,5)6)81-79(83)72-69-66-63-60-57-54-52-50-48-46-44-42-39-37-35-33-31-29-26-23-20-17-14-11-8-2/h11,14,19-20,22-23,28-31,34-37,42,44,68,71,77-78H,7-10,12-13,15-18,21,24-27,32-33,38-41,43,45-67,69-70,72-76H2,1-6H3,(H-,81,83,85,86)/p+1/b14-11-,22-19-,23-20-,30-28-,31-29-,36-34-,37-35-,44-42-,71-68+. The molecule has 0 aliphatic carbocycles. The van der Waals surface area contributed by atoms with E-state index in [9.17, 15) is 19.0 Å². The molecule has 0 saturated heterocycles. The van der Waals surface area contributed by atoms with E-state index in [0.717, 1.165) is 116 Å². The van der Waals surface area contributed by atoms with E-state index in [4.69, 9.17) is 13.8 Å². The number of carbonyl (C=O) groups excluding carboxylic acids is 2. The van der Waals surface area contributed by atoms with Crippen molar-refractivity contribution in [2.45, 2.75) is 348 Å². The number of amides is 1. The van der Waals surface area contributed by atoms with E-state index in [2.05, 4.69) is 123 Å². The van der Waals surface area contributed by atoms with Crippen LogP contribution in [-0.4, -0.2) is 74.3 Å². The third-order valence-electron chi connectivity index (χ3n) is 16.4. The third kappa shape index (κ3) is 69.0. The average Bonchev–Trinajstić information content (AvgIpc) is 3.11. The molecule has 3 atom stereocenters. The molecule has 90 heavy (non-hydrogen) atoms. The zero-order chi connectivity index (χ0) is 65.6. The smallest absolute Gasteiger partial charge is 0.456 e. The van der Waals surface area contributed by atoms with Crippen molar-refractivity contribution in [3.63, 3.8) is 0 Å². The molecule has 1 amide bonds. The normalized spacial score (nSPS) is 14.1. The van der Waals surface area contributed by atoms with Gasteiger partial charge in [-0.1, -0.05) is 317 Å². The number of hydrogen-bond acceptors (Lipinski definition) is 6. The fourth-order valence-corrected chi connectivity index (χ4v) is 11.4. The second kappa shape index (κ2) is 68.5. The summed E-state index contributed by atoms with van der Waals surface area (Å²) in [5.74, 6) is -0.508. The van der Waals surface area contributed by atoms with E-state index in [1.165, 1.54) is 186 Å². The van der Waals surface area contributed by atoms with Crippen molar-refractivity contribution in [3.05, 3.63) is 109 Å². The molecular formula is C80H144N2O7P+. The number of ether oxygens (including phenoxy) is 1. The van der Waals surface area contributed by atoms with Crippen molar-refractivity contribution in [3.8, 4) is 0 Å². The van der Waals surface area contributed by atoms with Crippen LogP contribution in [0, 0.1) is 0 Å². The number of allylic oxidation sites excluding steroid dienone is 17. The molecule has 0 heterocycles. The van der Waals surface area contributed by atoms with Gasteiger partial charge in [0.1, 0.15) is 19.3 Å². The molecule has 0 bridgehead atoms. The van der Waals surface area contributed by atoms with Crippen LogP contribution in [0.15, 0.2) is 109 Å². The highest BCUT2D eigenvalue weighted by Gasteiger charge is 2.30. The lowest BCUT2D eigenvalue weighted by molar-refractivity contribution is -0.870. The lowest BCUT2D eigenvalue weighted by Crippen LogP contribution is -2.47. The van der Waals surface area contributed by atoms with Gasteiger partial charge in [-0.05, 0) is 115 Å². The first-order valence-electron chi connectivity index (χ1n) is 37.7. The number of hydrogen-bond donors (Lipinski definition) is 2. The van der Waals surface area contributed by atoms with Crippen LogP contribution < -0.4 is 5.32 Å². The van der Waals surface area contributed by atoms with Crippen LogP contribution in [0.5, 0.6) is 0 Å². The highest BCUT2D eigenvalue weighted by molar-refractivity contribution is 7.47. The lowest BCUT2D eigenvalue weighted by atomic mass is 10.0. The molecule has 0 aromatic rings. The predicted molar refractivity (Wildman–Crippen MR) is 392 cm³/mol. The summed E-state index contributed by atoms with van der Waals surface area (Å²) < 4.78 is 30.9. The molecule has 520 valence electrons. The minimum atomic E-state index is -4.46. The van der Waals surface area contributed by atoms with E-state index < -0.39 is 20.0 Å². The van der Waals surface area contributed by atoms with Crippen molar-refractivity contribution in [2.24, 2.45) is 0 Å². The number of esters is 1. The minimum absolute atomic E-state index is 0.0351. The summed E-state index contributed by atoms with van der Waals surface area (Å²) >= 11 is 0. The highest BCUT2D eigenvalue weighted by atomic mass is 31.2. The highest BCUT2D eigenvalue weighted by Crippen LogP contribution is 2.43. The fourth-order valence-electron chi connectivity index (χ4n) is 10.7. The molecule has 0 aliphatic rings. The number of unbranched alkanes of at least 4 members (excludes halogenated alkanes) is 36. The Morgan fingerprint density at radius 2 is 0.711 bits per heavy atom. The predicted octanol–water partition coefficient (Wildman–Crippen LogP) is 24.4. The largest absolute Gasteiger partial charge is 0.472 e. The molecule has 0 fully saturated rings. The molecule has 0 rings (SSSR count). The maximum absolute atomic E-state index is 13.6. The van der Waals surface area contributed by atoms with Crippen molar-refractivity contribution < 1.29 is 37.3 Å². The van der Waals surface area contributed by atoms with Gasteiger partial charge in [-0.3, -0.25) is 18.6 Å². The number of likely N-dealkylation sites (N-methyl/N-ethyl adjacent to an activating group) is 1. The average molecular weight is 1280 g/mol. The van der Waals surface area contributed by atoms with Crippen molar-refractivity contribution in [1.29, 1.82) is 0 Å². The van der Waals surface area contributed by atoms with Gasteiger partial charge in [0.2, 0.25) is 5.91 Å². The summed E-state index contributed by atoms with van der Waals surface area (Å²) in [7, 11) is 1.49. The van der Waals surface area contributed by atoms with Gasteiger partial charge >= 0.3 is 13.8 Å². The number of quaternary nitrogens is 1. The summed E-state index contributed by atoms with van der Waals surface area (Å²) in [6.45, 7) is 6.89. The quantitative estimate of drug-likeness (QED) is 0.0205. The molecule has 0 saturated carbocycles. The van der Waals surface area contributed by atoms with E-state index >= 15 is 0 Å². The molecule has 0 radical (unpaired) electrons. The fraction of sp³-hybridized carbons (Fsp3) is 0.750. The Balaban J connectivity index is 5.01. The minimum Gasteiger partial charge on any atom is -0.456 e. The first-order chi connectivity index (χ1) is 43.9. The molecule has 0 aromatic carbocycles. The van der Waals surface area contributed by atoms with Crippen LogP contribution in [0.3, 0.4) is 0 Å². The van der Waals surface area contributed by atoms with Crippen LogP contribution in [0.1, 0.15) is 335 Å². The molecule has 3 unspecified atom stereocenters. The van der Waals surface area contributed by atoms with Gasteiger partial charge in [0.05, 0.1) is 33.8 Å². The van der Waals surface area contributed by atoms with Crippen LogP contribution in [0.25, 0.3) is 0 Å². The van der Waals surface area contributed by atoms with Crippen LogP contribution in [0.4, 0.5) is 0 Å². The Hall–Kier alpha value is -3.33. The SMILES string of the molecule is CC/C=C\C/C=C\C/C=C\C/C=C\C/C=C\CCCCCCCCCCCC(=O)NC(COP(=O)(O)OCC[N+](C)(C)C)C(/C=C/CCCCCCCCCCCC)OC(=O)CCCCCCCCCCCCCCCC/C=C\C/C=C\C/C=C\CCCCC. The summed E-state index contributed by atoms with van der Waals surface area (Å²) in [5, 5.41) is 3.07. The van der Waals surface area contributed by atoms with Gasteiger partial charge in [0, 0.05) is 12.8 Å². The van der Waals surface area contributed by atoms with Gasteiger partial charge in [0.15, 0.2) is 0 Å². The van der Waals surface area contributed by atoms with Crippen LogP contribution in [0.2, 0.25) is 0 Å². The molecular weight excluding hydrogens is 1130 g/mol. The second-order valence-electron chi connectivity index (χ2n) is 26.4. The molecule has 10 heteroatoms. The molecule has 9 nitrogen and oxygen atoms in total. The molecule has 0 aromatic heterocycles. The Labute approximate surface area is 557 Å². The van der Waals surface area contributed by atoms with E-state index in [-0.39, 0.29) is 31.5 Å². The number of phosphoric acid groups is 1. The maximum Gasteiger partial charge on any atom is 0.472 e. The van der Waals surface area contributed by atoms with Crippen LogP contribution in [-0.2, 0) is 27.9 Å². The van der Waals surface area contributed by atoms with Crippen molar-refractivity contribution >= 4 is 19.7 Å². The Morgan fingerprint density at radius 1 is 0.400 bits per heavy atom. The van der Waals surface area contributed by atoms with Gasteiger partial charge in [0.25, 0.3) is 0 Å². The van der Waals surface area contributed by atoms with Crippen molar-refractivity contribution in [1.82, 2.24) is 5.32 Å². The third-order valence-corrected chi connectivity index (χ3v) is 17.4. The first-order valence-corrected chi connectivity index (χ1v) is 39.2. The van der Waals surface area contributed by atoms with E-state index in [1.807, 2.05) is 33.3 Å². The second-order valence-corrected chi connectivity index (χ2v) is 27.9. The molecule has 2 N–H and O–H groups in total. The Bertz CT molecular complexity index is 1910. The number of rotatable bonds is 68. The number of phosphoric ester groups is 1. The van der Waals surface area contributed by atoms with Gasteiger partial charge < -0.3 is 19.4 Å². The van der Waals surface area contributed by atoms with Gasteiger partial charge in [-0.25, -0.2) is 4.57 Å².